The highest BCUT2D eigenvalue weighted by Gasteiger charge is 2.11. The molecule has 114 valence electrons. The Morgan fingerprint density at radius 2 is 1.95 bits per heavy atom. The van der Waals surface area contributed by atoms with E-state index in [0.717, 1.165) is 16.1 Å². The lowest BCUT2D eigenvalue weighted by atomic mass is 10.1. The molecule has 0 bridgehead atoms. The molecule has 6 heteroatoms. The molecule has 0 radical (unpaired) electrons. The van der Waals surface area contributed by atoms with Gasteiger partial charge in [0, 0.05) is 16.9 Å². The molecule has 0 aliphatic carbocycles. The number of carbonyl (C=O) groups excluding carboxylic acids is 1. The Kier molecular flexibility index (Phi) is 6.81. The van der Waals surface area contributed by atoms with Crippen molar-refractivity contribution in [3.05, 3.63) is 34.7 Å². The molecule has 1 heterocycles. The molecule has 1 aromatic heterocycles. The van der Waals surface area contributed by atoms with E-state index >= 15 is 0 Å². The highest BCUT2D eigenvalue weighted by atomic mass is 35.5. The number of thiazole rings is 1. The van der Waals surface area contributed by atoms with Gasteiger partial charge in [0.2, 0.25) is 5.91 Å². The number of rotatable bonds is 5. The normalized spacial score (nSPS) is 10.0. The maximum Gasteiger partial charge on any atom is 0.226 e. The van der Waals surface area contributed by atoms with Crippen molar-refractivity contribution in [2.75, 3.05) is 11.9 Å². The Morgan fingerprint density at radius 1 is 1.29 bits per heavy atom. The fourth-order valence-electron chi connectivity index (χ4n) is 1.87. The number of carbonyl (C=O) groups is 1. The van der Waals surface area contributed by atoms with Crippen LogP contribution >= 0.6 is 23.7 Å². The second-order valence-electron chi connectivity index (χ2n) is 4.73. The van der Waals surface area contributed by atoms with Gasteiger partial charge in [-0.15, -0.1) is 23.7 Å². The number of benzene rings is 1. The highest BCUT2D eigenvalue weighted by Crippen LogP contribution is 2.30. The summed E-state index contributed by atoms with van der Waals surface area (Å²) in [6.45, 7) is 4.60. The van der Waals surface area contributed by atoms with Gasteiger partial charge in [-0.2, -0.15) is 0 Å². The third kappa shape index (κ3) is 4.81. The summed E-state index contributed by atoms with van der Waals surface area (Å²) in [4.78, 5) is 17.3. The van der Waals surface area contributed by atoms with Gasteiger partial charge < -0.3 is 11.1 Å². The Balaban J connectivity index is 0.00000220. The first kappa shape index (κ1) is 17.6. The summed E-state index contributed by atoms with van der Waals surface area (Å²) in [7, 11) is 0. The molecule has 0 atom stereocenters. The molecule has 4 nitrogen and oxygen atoms in total. The van der Waals surface area contributed by atoms with Crippen LogP contribution in [0.25, 0.3) is 11.3 Å². The first-order chi connectivity index (χ1) is 9.60. The van der Waals surface area contributed by atoms with Crippen molar-refractivity contribution in [2.24, 2.45) is 5.73 Å². The van der Waals surface area contributed by atoms with Crippen molar-refractivity contribution >= 4 is 34.8 Å². The summed E-state index contributed by atoms with van der Waals surface area (Å²) in [5, 5.41) is 3.48. The molecule has 1 amide bonds. The number of hydrogen-bond acceptors (Lipinski definition) is 4. The van der Waals surface area contributed by atoms with E-state index in [0.29, 0.717) is 24.5 Å². The summed E-state index contributed by atoms with van der Waals surface area (Å²) >= 11 is 1.50. The lowest BCUT2D eigenvalue weighted by molar-refractivity contribution is -0.116. The molecule has 0 saturated carbocycles. The standard InChI is InChI=1S/C15H19N3OS.ClH/c1-10-5-7-12(8-6-10)14-11(2)20-15(18-14)17-13(19)4-3-9-16;/h5-8H,3-4,9,16H2,1-2H3,(H,17,18,19);1H. The van der Waals surface area contributed by atoms with E-state index in [-0.39, 0.29) is 18.3 Å². The summed E-state index contributed by atoms with van der Waals surface area (Å²) in [5.74, 6) is -0.0281. The van der Waals surface area contributed by atoms with E-state index in [9.17, 15) is 4.79 Å². The zero-order chi connectivity index (χ0) is 14.5. The van der Waals surface area contributed by atoms with Crippen molar-refractivity contribution < 1.29 is 4.79 Å². The number of nitrogens with two attached hydrogens (primary N) is 1. The fourth-order valence-corrected chi connectivity index (χ4v) is 2.73. The van der Waals surface area contributed by atoms with E-state index in [2.05, 4.69) is 41.5 Å². The van der Waals surface area contributed by atoms with Crippen molar-refractivity contribution in [3.63, 3.8) is 0 Å². The van der Waals surface area contributed by atoms with Crippen LogP contribution in [0.5, 0.6) is 0 Å². The minimum atomic E-state index is -0.0281. The molecule has 0 unspecified atom stereocenters. The monoisotopic (exact) mass is 325 g/mol. The van der Waals surface area contributed by atoms with Crippen molar-refractivity contribution in [3.8, 4) is 11.3 Å². The predicted octanol–water partition coefficient (Wildman–Crippen LogP) is 3.53. The van der Waals surface area contributed by atoms with Crippen LogP contribution < -0.4 is 11.1 Å². The van der Waals surface area contributed by atoms with Crippen LogP contribution in [0.4, 0.5) is 5.13 Å². The molecule has 21 heavy (non-hydrogen) atoms. The summed E-state index contributed by atoms with van der Waals surface area (Å²) in [5.41, 5.74) is 8.62. The molecule has 0 saturated heterocycles. The van der Waals surface area contributed by atoms with Gasteiger partial charge in [-0.1, -0.05) is 29.8 Å². The van der Waals surface area contributed by atoms with Crippen LogP contribution in [0, 0.1) is 13.8 Å². The van der Waals surface area contributed by atoms with Gasteiger partial charge >= 0.3 is 0 Å². The number of aromatic nitrogens is 1. The minimum absolute atomic E-state index is 0. The lowest BCUT2D eigenvalue weighted by Crippen LogP contribution is -2.13. The predicted molar refractivity (Wildman–Crippen MR) is 91.2 cm³/mol. The van der Waals surface area contributed by atoms with Crippen molar-refractivity contribution in [1.29, 1.82) is 0 Å². The Morgan fingerprint density at radius 3 is 2.57 bits per heavy atom. The van der Waals surface area contributed by atoms with Crippen molar-refractivity contribution in [1.82, 2.24) is 4.98 Å². The minimum Gasteiger partial charge on any atom is -0.330 e. The van der Waals surface area contributed by atoms with Gasteiger partial charge in [0.15, 0.2) is 5.13 Å². The third-order valence-corrected chi connectivity index (χ3v) is 3.86. The molecule has 1 aromatic carbocycles. The molecule has 3 N–H and O–H groups in total. The second-order valence-corrected chi connectivity index (χ2v) is 5.93. The van der Waals surface area contributed by atoms with E-state index in [1.807, 2.05) is 6.92 Å². The van der Waals surface area contributed by atoms with Gasteiger partial charge in [-0.05, 0) is 26.8 Å². The number of nitrogens with zero attached hydrogens (tertiary/aromatic N) is 1. The van der Waals surface area contributed by atoms with E-state index in [4.69, 9.17) is 5.73 Å². The van der Waals surface area contributed by atoms with Crippen LogP contribution in [-0.2, 0) is 4.79 Å². The average molecular weight is 326 g/mol. The Bertz CT molecular complexity index is 595. The zero-order valence-electron chi connectivity index (χ0n) is 12.2. The van der Waals surface area contributed by atoms with Crippen LogP contribution in [0.2, 0.25) is 0 Å². The second kappa shape index (κ2) is 8.12. The van der Waals surface area contributed by atoms with Crippen LogP contribution in [0.15, 0.2) is 24.3 Å². The van der Waals surface area contributed by atoms with Crippen molar-refractivity contribution in [2.45, 2.75) is 26.7 Å². The third-order valence-electron chi connectivity index (χ3n) is 2.98. The highest BCUT2D eigenvalue weighted by molar-refractivity contribution is 7.16. The number of nitrogens with one attached hydrogen (secondary N) is 1. The van der Waals surface area contributed by atoms with E-state index < -0.39 is 0 Å². The van der Waals surface area contributed by atoms with Gasteiger partial charge in [0.25, 0.3) is 0 Å². The first-order valence-corrected chi connectivity index (χ1v) is 7.46. The number of aryl methyl sites for hydroxylation is 2. The van der Waals surface area contributed by atoms with Gasteiger partial charge in [0.05, 0.1) is 5.69 Å². The quantitative estimate of drug-likeness (QED) is 0.883. The zero-order valence-corrected chi connectivity index (χ0v) is 13.8. The molecular weight excluding hydrogens is 306 g/mol. The van der Waals surface area contributed by atoms with E-state index in [1.165, 1.54) is 16.9 Å². The molecule has 0 aliphatic rings. The topological polar surface area (TPSA) is 68.0 Å². The average Bonchev–Trinajstić information content (AvgIpc) is 2.78. The number of amides is 1. The molecule has 0 fully saturated rings. The van der Waals surface area contributed by atoms with E-state index in [1.54, 1.807) is 0 Å². The van der Waals surface area contributed by atoms with Gasteiger partial charge in [-0.25, -0.2) is 4.98 Å². The van der Waals surface area contributed by atoms with Crippen LogP contribution in [0.3, 0.4) is 0 Å². The molecule has 0 aliphatic heterocycles. The number of hydrogen-bond donors (Lipinski definition) is 2. The molecule has 0 spiro atoms. The maximum atomic E-state index is 11.7. The van der Waals surface area contributed by atoms with Gasteiger partial charge in [0.1, 0.15) is 0 Å². The molecular formula is C15H20ClN3OS. The van der Waals surface area contributed by atoms with Gasteiger partial charge in [-0.3, -0.25) is 4.79 Å². The number of halogens is 1. The first-order valence-electron chi connectivity index (χ1n) is 6.64. The maximum absolute atomic E-state index is 11.7. The number of anilines is 1. The SMILES string of the molecule is Cc1ccc(-c2nc(NC(=O)CCCN)sc2C)cc1.Cl. The Hall–Kier alpha value is -1.43. The molecule has 2 aromatic rings. The molecule has 2 rings (SSSR count). The largest absolute Gasteiger partial charge is 0.330 e. The fraction of sp³-hybridized carbons (Fsp3) is 0.333. The lowest BCUT2D eigenvalue weighted by Gasteiger charge is -2.00. The summed E-state index contributed by atoms with van der Waals surface area (Å²) < 4.78 is 0. The summed E-state index contributed by atoms with van der Waals surface area (Å²) in [6, 6.07) is 8.23. The summed E-state index contributed by atoms with van der Waals surface area (Å²) in [6.07, 6.45) is 1.13. The smallest absolute Gasteiger partial charge is 0.226 e. The van der Waals surface area contributed by atoms with Crippen LogP contribution in [-0.4, -0.2) is 17.4 Å². The Labute approximate surface area is 135 Å². The van der Waals surface area contributed by atoms with Crippen LogP contribution in [0.1, 0.15) is 23.3 Å².